The van der Waals surface area contributed by atoms with Gasteiger partial charge in [-0.05, 0) is 44.0 Å². The second kappa shape index (κ2) is 16.3. The van der Waals surface area contributed by atoms with E-state index in [0.717, 1.165) is 22.3 Å². The molecule has 0 saturated carbocycles. The van der Waals surface area contributed by atoms with E-state index in [1.165, 1.54) is 21.6 Å². The Hall–Kier alpha value is -3.64. The molecule has 0 fully saturated rings. The summed E-state index contributed by atoms with van der Waals surface area (Å²) in [5, 5.41) is 2.74. The molecular formula is C31H41N5O5S2. The maximum absolute atomic E-state index is 13.5. The van der Waals surface area contributed by atoms with Gasteiger partial charge in [-0.2, -0.15) is 0 Å². The number of carbonyl (C=O) groups excluding carboxylic acids is 2. The molecule has 0 bridgehead atoms. The number of nitrogens with one attached hydrogen (secondary N) is 1. The summed E-state index contributed by atoms with van der Waals surface area (Å²) in [4.78, 5) is 37.8. The molecule has 0 aliphatic heterocycles. The highest BCUT2D eigenvalue weighted by Gasteiger charge is 2.20. The summed E-state index contributed by atoms with van der Waals surface area (Å²) < 4.78 is 16.4. The van der Waals surface area contributed by atoms with E-state index in [9.17, 15) is 9.59 Å². The lowest BCUT2D eigenvalue weighted by Crippen LogP contribution is -2.33. The molecule has 0 saturated heterocycles. The molecule has 43 heavy (non-hydrogen) atoms. The number of carbonyl (C=O) groups is 2. The molecule has 0 atom stereocenters. The summed E-state index contributed by atoms with van der Waals surface area (Å²) in [6.45, 7) is 6.63. The van der Waals surface area contributed by atoms with Gasteiger partial charge in [0.25, 0.3) is 0 Å². The van der Waals surface area contributed by atoms with Gasteiger partial charge in [0.1, 0.15) is 17.1 Å². The number of benzene rings is 2. The number of hydrogen-bond acceptors (Lipinski definition) is 10. The molecule has 0 spiro atoms. The van der Waals surface area contributed by atoms with Crippen LogP contribution in [-0.2, 0) is 22.6 Å². The van der Waals surface area contributed by atoms with E-state index in [-0.39, 0.29) is 11.7 Å². The van der Waals surface area contributed by atoms with E-state index >= 15 is 0 Å². The van der Waals surface area contributed by atoms with Gasteiger partial charge < -0.3 is 29.3 Å². The Morgan fingerprint density at radius 1 is 0.884 bits per heavy atom. The van der Waals surface area contributed by atoms with E-state index in [1.807, 2.05) is 82.2 Å². The van der Waals surface area contributed by atoms with E-state index in [2.05, 4.69) is 15.3 Å². The predicted octanol–water partition coefficient (Wildman–Crippen LogP) is 5.66. The van der Waals surface area contributed by atoms with Crippen LogP contribution in [0, 0.1) is 0 Å². The van der Waals surface area contributed by atoms with Crippen molar-refractivity contribution >= 4 is 39.5 Å². The molecule has 232 valence electrons. The molecule has 1 aromatic heterocycles. The molecule has 1 N–H and O–H groups in total. The minimum atomic E-state index is -0.543. The van der Waals surface area contributed by atoms with Gasteiger partial charge >= 0.3 is 6.09 Å². The number of alkyl carbamates (subject to hydrolysis) is 1. The van der Waals surface area contributed by atoms with Crippen molar-refractivity contribution in [2.75, 3.05) is 51.3 Å². The van der Waals surface area contributed by atoms with E-state index in [1.54, 1.807) is 31.5 Å². The first-order valence-corrected chi connectivity index (χ1v) is 16.3. The average molecular weight is 628 g/mol. The zero-order valence-electron chi connectivity index (χ0n) is 25.9. The summed E-state index contributed by atoms with van der Waals surface area (Å²) in [7, 11) is 9.99. The third kappa shape index (κ3) is 10.9. The number of methoxy groups -OCH3 is 2. The van der Waals surface area contributed by atoms with Crippen molar-refractivity contribution < 1.29 is 23.8 Å². The van der Waals surface area contributed by atoms with Gasteiger partial charge in [-0.3, -0.25) is 4.79 Å². The number of hydrogen-bond donors (Lipinski definition) is 1. The maximum Gasteiger partial charge on any atom is 0.407 e. The molecule has 0 aliphatic rings. The summed E-state index contributed by atoms with van der Waals surface area (Å²) in [5.74, 6) is 2.84. The van der Waals surface area contributed by atoms with Crippen LogP contribution < -0.4 is 19.7 Å². The van der Waals surface area contributed by atoms with Crippen LogP contribution in [-0.4, -0.2) is 78.8 Å². The highest BCUT2D eigenvalue weighted by atomic mass is 33.1. The van der Waals surface area contributed by atoms with Crippen molar-refractivity contribution in [3.8, 4) is 22.6 Å². The summed E-state index contributed by atoms with van der Waals surface area (Å²) in [5.41, 5.74) is 3.15. The van der Waals surface area contributed by atoms with Crippen molar-refractivity contribution in [3.05, 3.63) is 66.0 Å². The zero-order chi connectivity index (χ0) is 31.4. The first-order valence-electron chi connectivity index (χ1n) is 13.8. The lowest BCUT2D eigenvalue weighted by atomic mass is 10.1. The fourth-order valence-electron chi connectivity index (χ4n) is 3.98. The van der Waals surface area contributed by atoms with Crippen molar-refractivity contribution in [2.45, 2.75) is 39.5 Å². The third-order valence-corrected chi connectivity index (χ3v) is 8.31. The molecule has 2 amide bonds. The largest absolute Gasteiger partial charge is 0.496 e. The monoisotopic (exact) mass is 627 g/mol. The van der Waals surface area contributed by atoms with Crippen LogP contribution in [0.3, 0.4) is 0 Å². The van der Waals surface area contributed by atoms with Gasteiger partial charge in [0.15, 0.2) is 0 Å². The highest BCUT2D eigenvalue weighted by Crippen LogP contribution is 2.31. The molecule has 1 heterocycles. The van der Waals surface area contributed by atoms with Crippen molar-refractivity contribution in [1.82, 2.24) is 20.2 Å². The molecule has 0 unspecified atom stereocenters. The third-order valence-electron chi connectivity index (χ3n) is 6.05. The van der Waals surface area contributed by atoms with Crippen LogP contribution in [0.4, 0.5) is 10.7 Å². The van der Waals surface area contributed by atoms with Crippen LogP contribution in [0.5, 0.6) is 11.5 Å². The highest BCUT2D eigenvalue weighted by molar-refractivity contribution is 8.76. The first kappa shape index (κ1) is 33.9. The van der Waals surface area contributed by atoms with Crippen molar-refractivity contribution in [2.24, 2.45) is 0 Å². The number of nitrogens with zero attached hydrogens (tertiary/aromatic N) is 4. The second-order valence-corrected chi connectivity index (χ2v) is 13.3. The minimum absolute atomic E-state index is 0.0256. The van der Waals surface area contributed by atoms with Crippen LogP contribution in [0.2, 0.25) is 0 Å². The van der Waals surface area contributed by atoms with Crippen molar-refractivity contribution in [1.29, 1.82) is 0 Å². The van der Waals surface area contributed by atoms with Crippen LogP contribution in [0.25, 0.3) is 11.1 Å². The first-order chi connectivity index (χ1) is 20.5. The lowest BCUT2D eigenvalue weighted by molar-refractivity contribution is -0.129. The Morgan fingerprint density at radius 2 is 1.51 bits per heavy atom. The van der Waals surface area contributed by atoms with Crippen LogP contribution >= 0.6 is 21.6 Å². The fraction of sp³-hybridized carbons (Fsp3) is 0.419. The smallest absolute Gasteiger partial charge is 0.407 e. The number of ether oxygens (including phenoxy) is 3. The fourth-order valence-corrected chi connectivity index (χ4v) is 5.81. The van der Waals surface area contributed by atoms with Gasteiger partial charge in [-0.25, -0.2) is 14.8 Å². The predicted molar refractivity (Wildman–Crippen MR) is 175 cm³/mol. The molecule has 0 radical (unpaired) electrons. The number of rotatable bonds is 14. The Labute approximate surface area is 262 Å². The Balaban J connectivity index is 1.68. The van der Waals surface area contributed by atoms with Crippen molar-refractivity contribution in [3.63, 3.8) is 0 Å². The van der Waals surface area contributed by atoms with Gasteiger partial charge in [0.05, 0.1) is 32.1 Å². The number of aromatic nitrogens is 2. The van der Waals surface area contributed by atoms with Gasteiger partial charge in [-0.15, -0.1) is 0 Å². The summed E-state index contributed by atoms with van der Waals surface area (Å²) >= 11 is 0. The number of amides is 2. The topological polar surface area (TPSA) is 106 Å². The molecule has 12 heteroatoms. The summed E-state index contributed by atoms with van der Waals surface area (Å²) in [6, 6.07) is 13.6. The van der Waals surface area contributed by atoms with E-state index in [0.29, 0.717) is 42.8 Å². The quantitative estimate of drug-likeness (QED) is 0.178. The SMILES string of the molecule is COc1cccc(OC)c1CN(Cc1ccc(-c2cnc(N(C)C)nc2)cc1)C(=O)CSSCCNC(=O)OC(C)(C)C. The average Bonchev–Trinajstić information content (AvgIpc) is 2.98. The molecular weight excluding hydrogens is 587 g/mol. The molecule has 2 aromatic carbocycles. The van der Waals surface area contributed by atoms with Gasteiger partial charge in [-0.1, -0.05) is 51.9 Å². The number of anilines is 1. The molecule has 10 nitrogen and oxygen atoms in total. The maximum atomic E-state index is 13.5. The lowest BCUT2D eigenvalue weighted by Gasteiger charge is -2.25. The van der Waals surface area contributed by atoms with Gasteiger partial charge in [0.2, 0.25) is 11.9 Å². The molecule has 3 aromatic rings. The standard InChI is InChI=1S/C31H41N5O5S2/c1-31(2,3)41-30(38)32-15-16-42-43-21-28(37)36(20-25-26(39-6)9-8-10-27(25)40-7)19-22-11-13-23(14-12-22)24-17-33-29(34-18-24)35(4)5/h8-14,17-18H,15-16,19-21H2,1-7H3,(H,32,38). The minimum Gasteiger partial charge on any atom is -0.496 e. The molecule has 3 rings (SSSR count). The van der Waals surface area contributed by atoms with Gasteiger partial charge in [0, 0.05) is 50.9 Å². The normalized spacial score (nSPS) is 11.0. The Kier molecular flexibility index (Phi) is 12.8. The van der Waals surface area contributed by atoms with E-state index < -0.39 is 11.7 Å². The molecule has 0 aliphatic carbocycles. The zero-order valence-corrected chi connectivity index (χ0v) is 27.5. The Morgan fingerprint density at radius 3 is 2.07 bits per heavy atom. The van der Waals surface area contributed by atoms with Crippen LogP contribution in [0.15, 0.2) is 54.9 Å². The van der Waals surface area contributed by atoms with Crippen LogP contribution in [0.1, 0.15) is 31.9 Å². The summed E-state index contributed by atoms with van der Waals surface area (Å²) in [6.07, 6.45) is 3.16. The van der Waals surface area contributed by atoms with E-state index in [4.69, 9.17) is 14.2 Å². The Bertz CT molecular complexity index is 1310. The second-order valence-electron chi connectivity index (χ2n) is 10.8.